The van der Waals surface area contributed by atoms with Gasteiger partial charge >= 0.3 is 10.3 Å². The molecule has 6 heteroatoms. The van der Waals surface area contributed by atoms with Gasteiger partial charge in [-0.3, -0.25) is 9.02 Å². The zero-order valence-electron chi connectivity index (χ0n) is 9.54. The maximum Gasteiger partial charge on any atom is 0.358 e. The molecular weight excluding hydrogens is 206 g/mol. The summed E-state index contributed by atoms with van der Waals surface area (Å²) in [6.45, 7) is 10.1. The Labute approximate surface area is 86.0 Å². The van der Waals surface area contributed by atoms with Crippen molar-refractivity contribution in [3.8, 4) is 0 Å². The van der Waals surface area contributed by atoms with E-state index in [1.54, 1.807) is 41.5 Å². The Morgan fingerprint density at radius 2 is 1.36 bits per heavy atom. The quantitative estimate of drug-likeness (QED) is 0.737. The SMILES string of the molecule is CC(C)(C)ONS(=O)(=O)OC(C)(C)C. The van der Waals surface area contributed by atoms with Crippen molar-refractivity contribution in [3.05, 3.63) is 0 Å². The van der Waals surface area contributed by atoms with Gasteiger partial charge in [0.2, 0.25) is 0 Å². The average Bonchev–Trinajstić information content (AvgIpc) is 1.76. The molecule has 0 saturated heterocycles. The number of hydrogen-bond acceptors (Lipinski definition) is 4. The van der Waals surface area contributed by atoms with Crippen molar-refractivity contribution < 1.29 is 17.4 Å². The van der Waals surface area contributed by atoms with Crippen LogP contribution in [-0.4, -0.2) is 19.6 Å². The third-order valence-corrected chi connectivity index (χ3v) is 1.82. The van der Waals surface area contributed by atoms with E-state index in [2.05, 4.69) is 0 Å². The van der Waals surface area contributed by atoms with E-state index in [-0.39, 0.29) is 0 Å². The monoisotopic (exact) mass is 225 g/mol. The molecule has 0 radical (unpaired) electrons. The first-order valence-electron chi connectivity index (χ1n) is 4.32. The molecule has 0 amide bonds. The van der Waals surface area contributed by atoms with Gasteiger partial charge in [0.15, 0.2) is 0 Å². The van der Waals surface area contributed by atoms with E-state index in [0.29, 0.717) is 0 Å². The van der Waals surface area contributed by atoms with Gasteiger partial charge in [-0.05, 0) is 41.5 Å². The van der Waals surface area contributed by atoms with Crippen molar-refractivity contribution in [2.75, 3.05) is 0 Å². The Hall–Kier alpha value is -0.170. The predicted molar refractivity (Wildman–Crippen MR) is 53.7 cm³/mol. The molecule has 0 aliphatic heterocycles. The first kappa shape index (κ1) is 13.8. The molecule has 0 aliphatic rings. The molecule has 0 aromatic rings. The van der Waals surface area contributed by atoms with Crippen LogP contribution in [0.4, 0.5) is 0 Å². The van der Waals surface area contributed by atoms with Crippen molar-refractivity contribution in [1.29, 1.82) is 0 Å². The second-order valence-electron chi connectivity index (χ2n) is 4.95. The highest BCUT2D eigenvalue weighted by atomic mass is 32.2. The lowest BCUT2D eigenvalue weighted by Crippen LogP contribution is -2.38. The van der Waals surface area contributed by atoms with Gasteiger partial charge < -0.3 is 0 Å². The summed E-state index contributed by atoms with van der Waals surface area (Å²) in [6.07, 6.45) is 0. The van der Waals surface area contributed by atoms with E-state index >= 15 is 0 Å². The molecule has 0 atom stereocenters. The first-order chi connectivity index (χ1) is 5.91. The smallest absolute Gasteiger partial charge is 0.279 e. The topological polar surface area (TPSA) is 64.6 Å². The molecule has 1 N–H and O–H groups in total. The number of rotatable bonds is 3. The van der Waals surface area contributed by atoms with Crippen molar-refractivity contribution >= 4 is 10.3 Å². The third-order valence-electron chi connectivity index (χ3n) is 0.810. The van der Waals surface area contributed by atoms with Crippen LogP contribution < -0.4 is 4.89 Å². The van der Waals surface area contributed by atoms with Gasteiger partial charge in [-0.1, -0.05) is 4.89 Å². The normalized spacial score (nSPS) is 14.4. The minimum absolute atomic E-state index is 0.589. The van der Waals surface area contributed by atoms with Gasteiger partial charge in [0.05, 0.1) is 11.2 Å². The summed E-state index contributed by atoms with van der Waals surface area (Å²) in [5.74, 6) is 0. The lowest BCUT2D eigenvalue weighted by atomic mass is 10.2. The van der Waals surface area contributed by atoms with E-state index in [1.165, 1.54) is 0 Å². The van der Waals surface area contributed by atoms with Gasteiger partial charge in [-0.15, -0.1) is 0 Å². The highest BCUT2D eigenvalue weighted by molar-refractivity contribution is 7.84. The lowest BCUT2D eigenvalue weighted by Gasteiger charge is -2.22. The summed E-state index contributed by atoms with van der Waals surface area (Å²) in [5, 5.41) is 0. The summed E-state index contributed by atoms with van der Waals surface area (Å²) in [4.78, 5) is 6.78. The molecule has 0 unspecified atom stereocenters. The maximum absolute atomic E-state index is 11.2. The van der Waals surface area contributed by atoms with E-state index in [4.69, 9.17) is 9.02 Å². The van der Waals surface area contributed by atoms with Gasteiger partial charge in [-0.25, -0.2) is 0 Å². The summed E-state index contributed by atoms with van der Waals surface area (Å²) in [5.41, 5.74) is -1.36. The molecule has 0 saturated carbocycles. The fourth-order valence-electron chi connectivity index (χ4n) is 0.522. The Bertz CT molecular complexity index is 271. The molecule has 0 rings (SSSR count). The maximum atomic E-state index is 11.2. The fourth-order valence-corrected chi connectivity index (χ4v) is 1.57. The van der Waals surface area contributed by atoms with Crippen molar-refractivity contribution in [2.45, 2.75) is 52.7 Å². The number of nitrogens with one attached hydrogen (secondary N) is 1. The fraction of sp³-hybridized carbons (Fsp3) is 1.00. The highest BCUT2D eigenvalue weighted by Crippen LogP contribution is 2.12. The van der Waals surface area contributed by atoms with Crippen LogP contribution in [0.2, 0.25) is 0 Å². The van der Waals surface area contributed by atoms with Crippen LogP contribution in [0.1, 0.15) is 41.5 Å². The second-order valence-corrected chi connectivity index (χ2v) is 6.19. The summed E-state index contributed by atoms with van der Waals surface area (Å²) in [6, 6.07) is 0. The van der Waals surface area contributed by atoms with Gasteiger partial charge in [0.25, 0.3) is 0 Å². The Kier molecular flexibility index (Phi) is 4.09. The van der Waals surface area contributed by atoms with E-state index in [0.717, 1.165) is 0 Å². The summed E-state index contributed by atoms with van der Waals surface area (Å²) < 4.78 is 27.2. The summed E-state index contributed by atoms with van der Waals surface area (Å²) in [7, 11) is -3.84. The molecular formula is C8H19NO4S. The van der Waals surface area contributed by atoms with Crippen LogP contribution in [0.15, 0.2) is 0 Å². The van der Waals surface area contributed by atoms with Crippen LogP contribution in [0.5, 0.6) is 0 Å². The molecule has 14 heavy (non-hydrogen) atoms. The Balaban J connectivity index is 4.25. The second kappa shape index (κ2) is 4.14. The predicted octanol–water partition coefficient (Wildman–Crippen LogP) is 1.37. The van der Waals surface area contributed by atoms with Crippen molar-refractivity contribution in [3.63, 3.8) is 0 Å². The lowest BCUT2D eigenvalue weighted by molar-refractivity contribution is -0.0444. The van der Waals surface area contributed by atoms with Crippen LogP contribution in [0.3, 0.4) is 0 Å². The zero-order valence-corrected chi connectivity index (χ0v) is 10.4. The minimum Gasteiger partial charge on any atom is -0.279 e. The van der Waals surface area contributed by atoms with E-state index in [9.17, 15) is 8.42 Å². The zero-order chi connectivity index (χ0) is 11.6. The van der Waals surface area contributed by atoms with Gasteiger partial charge in [0, 0.05) is 0 Å². The molecule has 0 bridgehead atoms. The number of hydrogen-bond donors (Lipinski definition) is 1. The van der Waals surface area contributed by atoms with Gasteiger partial charge in [0.1, 0.15) is 0 Å². The molecule has 0 aromatic carbocycles. The van der Waals surface area contributed by atoms with Crippen LogP contribution in [0.25, 0.3) is 0 Å². The molecule has 0 aliphatic carbocycles. The van der Waals surface area contributed by atoms with E-state index in [1.807, 2.05) is 4.89 Å². The average molecular weight is 225 g/mol. The Morgan fingerprint density at radius 1 is 0.929 bits per heavy atom. The summed E-state index contributed by atoms with van der Waals surface area (Å²) >= 11 is 0. The van der Waals surface area contributed by atoms with Gasteiger partial charge in [-0.2, -0.15) is 8.42 Å². The van der Waals surface area contributed by atoms with Crippen LogP contribution in [0, 0.1) is 0 Å². The molecule has 0 fully saturated rings. The van der Waals surface area contributed by atoms with Crippen LogP contribution in [-0.2, 0) is 19.3 Å². The molecule has 0 aromatic heterocycles. The third kappa shape index (κ3) is 8.43. The molecule has 0 heterocycles. The molecule has 5 nitrogen and oxygen atoms in total. The largest absolute Gasteiger partial charge is 0.358 e. The molecule has 86 valence electrons. The van der Waals surface area contributed by atoms with E-state index < -0.39 is 21.5 Å². The standard InChI is InChI=1S/C8H19NO4S/c1-7(2,3)12-9-14(10,11)13-8(4,5)6/h9H,1-6H3. The van der Waals surface area contributed by atoms with Crippen molar-refractivity contribution in [2.24, 2.45) is 0 Å². The highest BCUT2D eigenvalue weighted by Gasteiger charge is 2.24. The Morgan fingerprint density at radius 3 is 1.64 bits per heavy atom. The van der Waals surface area contributed by atoms with Crippen molar-refractivity contribution in [1.82, 2.24) is 4.89 Å². The molecule has 0 spiro atoms. The van der Waals surface area contributed by atoms with Crippen LogP contribution >= 0.6 is 0 Å². The first-order valence-corrected chi connectivity index (χ1v) is 5.72. The minimum atomic E-state index is -3.84.